The molecule has 0 aliphatic heterocycles. The summed E-state index contributed by atoms with van der Waals surface area (Å²) in [5, 5.41) is 7.29. The van der Waals surface area contributed by atoms with Gasteiger partial charge in [0, 0.05) is 0 Å². The van der Waals surface area contributed by atoms with Crippen molar-refractivity contribution < 1.29 is 4.42 Å². The molecule has 2 heterocycles. The highest BCUT2D eigenvalue weighted by atomic mass is 35.5. The van der Waals surface area contributed by atoms with Crippen molar-refractivity contribution in [3.63, 3.8) is 0 Å². The number of aromatic nitrogens is 2. The highest BCUT2D eigenvalue weighted by Gasteiger charge is 2.05. The van der Waals surface area contributed by atoms with E-state index in [1.54, 1.807) is 6.07 Å². The van der Waals surface area contributed by atoms with Crippen LogP contribution >= 0.6 is 22.9 Å². The van der Waals surface area contributed by atoms with Gasteiger partial charge in [0.25, 0.3) is 5.89 Å². The second-order valence-corrected chi connectivity index (χ2v) is 3.56. The maximum Gasteiger partial charge on any atom is 0.257 e. The van der Waals surface area contributed by atoms with Crippen molar-refractivity contribution >= 4 is 22.9 Å². The lowest BCUT2D eigenvalue weighted by atomic mass is 10.5. The molecule has 2 aromatic heterocycles. The van der Waals surface area contributed by atoms with Crippen molar-refractivity contribution in [3.8, 4) is 10.8 Å². The monoisotopic (exact) mass is 186 g/mol. The maximum absolute atomic E-state index is 5.71. The van der Waals surface area contributed by atoms with E-state index >= 15 is 0 Å². The molecule has 56 valence electrons. The second-order valence-electron chi connectivity index (χ2n) is 1.85. The van der Waals surface area contributed by atoms with Gasteiger partial charge in [-0.2, -0.15) is 0 Å². The van der Waals surface area contributed by atoms with Crippen LogP contribution in [0.4, 0.5) is 0 Å². The zero-order chi connectivity index (χ0) is 7.68. The Morgan fingerprint density at radius 3 is 2.91 bits per heavy atom. The minimum Gasteiger partial charge on any atom is -0.423 e. The van der Waals surface area contributed by atoms with E-state index in [2.05, 4.69) is 10.2 Å². The molecule has 0 saturated carbocycles. The number of rotatable bonds is 1. The highest BCUT2D eigenvalue weighted by Crippen LogP contribution is 2.28. The average Bonchev–Trinajstić information content (AvgIpc) is 2.55. The Hall–Kier alpha value is -0.870. The van der Waals surface area contributed by atoms with Crippen LogP contribution < -0.4 is 0 Å². The second kappa shape index (κ2) is 2.64. The zero-order valence-electron chi connectivity index (χ0n) is 5.32. The van der Waals surface area contributed by atoms with E-state index in [0.717, 1.165) is 9.21 Å². The van der Waals surface area contributed by atoms with Crippen LogP contribution in [-0.2, 0) is 0 Å². The molecule has 0 aliphatic rings. The lowest BCUT2D eigenvalue weighted by Crippen LogP contribution is -1.69. The summed E-state index contributed by atoms with van der Waals surface area (Å²) in [6.45, 7) is 0. The Kier molecular flexibility index (Phi) is 1.63. The van der Waals surface area contributed by atoms with Gasteiger partial charge in [0.05, 0.1) is 9.21 Å². The van der Waals surface area contributed by atoms with E-state index in [9.17, 15) is 0 Å². The van der Waals surface area contributed by atoms with Crippen LogP contribution in [0, 0.1) is 0 Å². The molecule has 0 unspecified atom stereocenters. The van der Waals surface area contributed by atoms with Crippen LogP contribution in [0.2, 0.25) is 4.34 Å². The van der Waals surface area contributed by atoms with Gasteiger partial charge < -0.3 is 4.42 Å². The minimum absolute atomic E-state index is 0.516. The Balaban J connectivity index is 2.45. The van der Waals surface area contributed by atoms with Crippen molar-refractivity contribution in [1.82, 2.24) is 10.2 Å². The predicted molar refractivity (Wildman–Crippen MR) is 42.6 cm³/mol. The molecule has 0 aromatic carbocycles. The van der Waals surface area contributed by atoms with E-state index in [-0.39, 0.29) is 0 Å². The molecule has 3 nitrogen and oxygen atoms in total. The summed E-state index contributed by atoms with van der Waals surface area (Å²) in [5.41, 5.74) is 0. The van der Waals surface area contributed by atoms with Crippen LogP contribution in [0.15, 0.2) is 22.9 Å². The molecular formula is C6H3ClN2OS. The zero-order valence-corrected chi connectivity index (χ0v) is 6.89. The van der Waals surface area contributed by atoms with Gasteiger partial charge in [-0.1, -0.05) is 11.6 Å². The van der Waals surface area contributed by atoms with Crippen LogP contribution in [0.25, 0.3) is 10.8 Å². The first-order valence-electron chi connectivity index (χ1n) is 2.88. The molecule has 2 rings (SSSR count). The lowest BCUT2D eigenvalue weighted by molar-refractivity contribution is 0.570. The topological polar surface area (TPSA) is 38.9 Å². The van der Waals surface area contributed by atoms with Gasteiger partial charge in [-0.15, -0.1) is 21.5 Å². The standard InChI is InChI=1S/C6H3ClN2OS/c7-5-2-1-4(11-5)6-9-8-3-10-6/h1-3H. The van der Waals surface area contributed by atoms with Crippen LogP contribution in [0.1, 0.15) is 0 Å². The normalized spacial score (nSPS) is 10.3. The number of halogens is 1. The fourth-order valence-electron chi connectivity index (χ4n) is 0.710. The van der Waals surface area contributed by atoms with Gasteiger partial charge in [-0.25, -0.2) is 0 Å². The average molecular weight is 187 g/mol. The summed E-state index contributed by atoms with van der Waals surface area (Å²) in [7, 11) is 0. The van der Waals surface area contributed by atoms with Gasteiger partial charge in [-0.05, 0) is 12.1 Å². The predicted octanol–water partition coefficient (Wildman–Crippen LogP) is 2.45. The number of hydrogen-bond acceptors (Lipinski definition) is 4. The Morgan fingerprint density at radius 1 is 1.45 bits per heavy atom. The van der Waals surface area contributed by atoms with Crippen molar-refractivity contribution in [2.45, 2.75) is 0 Å². The molecule has 11 heavy (non-hydrogen) atoms. The van der Waals surface area contributed by atoms with Crippen LogP contribution in [-0.4, -0.2) is 10.2 Å². The summed E-state index contributed by atoms with van der Waals surface area (Å²) < 4.78 is 5.68. The summed E-state index contributed by atoms with van der Waals surface area (Å²) in [4.78, 5) is 0.896. The van der Waals surface area contributed by atoms with Crippen molar-refractivity contribution in [3.05, 3.63) is 22.9 Å². The van der Waals surface area contributed by atoms with Crippen molar-refractivity contribution in [2.75, 3.05) is 0 Å². The van der Waals surface area contributed by atoms with Crippen LogP contribution in [0.5, 0.6) is 0 Å². The molecule has 0 aliphatic carbocycles. The molecule has 5 heteroatoms. The number of nitrogens with zero attached hydrogens (tertiary/aromatic N) is 2. The van der Waals surface area contributed by atoms with E-state index in [4.69, 9.17) is 16.0 Å². The molecule has 2 aromatic rings. The SMILES string of the molecule is Clc1ccc(-c2nnco2)s1. The molecule has 0 bridgehead atoms. The first-order valence-corrected chi connectivity index (χ1v) is 4.07. The quantitative estimate of drug-likeness (QED) is 0.687. The molecule has 0 spiro atoms. The summed E-state index contributed by atoms with van der Waals surface area (Å²) >= 11 is 7.12. The van der Waals surface area contributed by atoms with E-state index < -0.39 is 0 Å². The summed E-state index contributed by atoms with van der Waals surface area (Å²) in [5.74, 6) is 0.516. The third-order valence-electron chi connectivity index (χ3n) is 1.14. The molecule has 0 atom stereocenters. The third-order valence-corrected chi connectivity index (χ3v) is 2.36. The molecule has 0 saturated heterocycles. The number of hydrogen-bond donors (Lipinski definition) is 0. The highest BCUT2D eigenvalue weighted by molar-refractivity contribution is 7.19. The van der Waals surface area contributed by atoms with E-state index in [1.807, 2.05) is 6.07 Å². The molecule has 0 N–H and O–H groups in total. The van der Waals surface area contributed by atoms with E-state index in [0.29, 0.717) is 5.89 Å². The first kappa shape index (κ1) is 6.82. The number of thiophene rings is 1. The lowest BCUT2D eigenvalue weighted by Gasteiger charge is -1.81. The minimum atomic E-state index is 0.516. The van der Waals surface area contributed by atoms with Gasteiger partial charge in [-0.3, -0.25) is 0 Å². The Labute approximate surface area is 71.6 Å². The van der Waals surface area contributed by atoms with Crippen LogP contribution in [0.3, 0.4) is 0 Å². The fraction of sp³-hybridized carbons (Fsp3) is 0. The van der Waals surface area contributed by atoms with Crippen molar-refractivity contribution in [2.24, 2.45) is 0 Å². The Bertz CT molecular complexity index is 343. The summed E-state index contributed by atoms with van der Waals surface area (Å²) in [6, 6.07) is 3.65. The third kappa shape index (κ3) is 1.27. The van der Waals surface area contributed by atoms with Gasteiger partial charge in [0.2, 0.25) is 6.39 Å². The molecule has 0 amide bonds. The molecule has 0 radical (unpaired) electrons. The summed E-state index contributed by atoms with van der Waals surface area (Å²) in [6.07, 6.45) is 1.29. The molecule has 0 fully saturated rings. The first-order chi connectivity index (χ1) is 5.36. The van der Waals surface area contributed by atoms with Gasteiger partial charge in [0.1, 0.15) is 0 Å². The molecular weight excluding hydrogens is 184 g/mol. The van der Waals surface area contributed by atoms with Gasteiger partial charge >= 0.3 is 0 Å². The fourth-order valence-corrected chi connectivity index (χ4v) is 1.68. The van der Waals surface area contributed by atoms with Crippen molar-refractivity contribution in [1.29, 1.82) is 0 Å². The van der Waals surface area contributed by atoms with E-state index in [1.165, 1.54) is 17.7 Å². The largest absolute Gasteiger partial charge is 0.423 e. The Morgan fingerprint density at radius 2 is 2.36 bits per heavy atom. The maximum atomic E-state index is 5.71. The van der Waals surface area contributed by atoms with Gasteiger partial charge in [0.15, 0.2) is 0 Å². The smallest absolute Gasteiger partial charge is 0.257 e.